The summed E-state index contributed by atoms with van der Waals surface area (Å²) in [6.45, 7) is 2.50. The quantitative estimate of drug-likeness (QED) is 0.374. The molecule has 2 N–H and O–H groups in total. The first-order valence-electron chi connectivity index (χ1n) is 11.7. The molecule has 1 aliphatic carbocycles. The number of carbonyl (C=O) groups is 2. The Bertz CT molecular complexity index is 1340. The molecule has 0 saturated heterocycles. The van der Waals surface area contributed by atoms with Crippen LogP contribution in [0.5, 0.6) is 0 Å². The van der Waals surface area contributed by atoms with Crippen molar-refractivity contribution in [1.82, 2.24) is 10.3 Å². The van der Waals surface area contributed by atoms with Crippen molar-refractivity contribution in [2.24, 2.45) is 0 Å². The maximum atomic E-state index is 13.2. The van der Waals surface area contributed by atoms with Crippen molar-refractivity contribution in [3.63, 3.8) is 0 Å². The van der Waals surface area contributed by atoms with E-state index in [0.717, 1.165) is 59.8 Å². The van der Waals surface area contributed by atoms with Crippen LogP contribution in [0.1, 0.15) is 57.3 Å². The predicted molar refractivity (Wildman–Crippen MR) is 134 cm³/mol. The lowest BCUT2D eigenvalue weighted by Crippen LogP contribution is -2.25. The Balaban J connectivity index is 1.36. The number of nitrogens with zero attached hydrogens (tertiary/aromatic N) is 1. The van der Waals surface area contributed by atoms with Crippen LogP contribution in [0.2, 0.25) is 0 Å². The highest BCUT2D eigenvalue weighted by molar-refractivity contribution is 7.17. The van der Waals surface area contributed by atoms with Gasteiger partial charge in [-0.1, -0.05) is 19.1 Å². The maximum absolute atomic E-state index is 13.2. The van der Waals surface area contributed by atoms with Crippen molar-refractivity contribution < 1.29 is 14.0 Å². The second-order valence-corrected chi connectivity index (χ2v) is 9.73. The van der Waals surface area contributed by atoms with E-state index in [2.05, 4.69) is 28.6 Å². The van der Waals surface area contributed by atoms with E-state index in [-0.39, 0.29) is 18.2 Å². The molecule has 1 aromatic carbocycles. The minimum absolute atomic E-state index is 0.149. The molecule has 0 unspecified atom stereocenters. The number of fused-ring (bicyclic) bond motifs is 2. The molecule has 0 fully saturated rings. The fourth-order valence-electron chi connectivity index (χ4n) is 4.50. The van der Waals surface area contributed by atoms with E-state index in [1.807, 2.05) is 24.3 Å². The Morgan fingerprint density at radius 1 is 1.15 bits per heavy atom. The van der Waals surface area contributed by atoms with Gasteiger partial charge < -0.3 is 15.1 Å². The molecule has 6 nitrogen and oxygen atoms in total. The highest BCUT2D eigenvalue weighted by Gasteiger charge is 2.26. The van der Waals surface area contributed by atoms with Gasteiger partial charge in [0, 0.05) is 34.8 Å². The van der Waals surface area contributed by atoms with E-state index < -0.39 is 0 Å². The van der Waals surface area contributed by atoms with Crippen LogP contribution in [-0.4, -0.2) is 16.8 Å². The summed E-state index contributed by atoms with van der Waals surface area (Å²) in [4.78, 5) is 31.6. The molecule has 3 heterocycles. The highest BCUT2D eigenvalue weighted by atomic mass is 32.1. The molecule has 0 bridgehead atoms. The number of anilines is 1. The van der Waals surface area contributed by atoms with Gasteiger partial charge in [0.2, 0.25) is 5.91 Å². The summed E-state index contributed by atoms with van der Waals surface area (Å²) in [5, 5.41) is 7.66. The molecular weight excluding hydrogens is 446 g/mol. The largest absolute Gasteiger partial charge is 0.464 e. The van der Waals surface area contributed by atoms with Crippen molar-refractivity contribution in [2.75, 3.05) is 5.32 Å². The minimum atomic E-state index is -0.153. The Kier molecular flexibility index (Phi) is 6.45. The smallest absolute Gasteiger partial charge is 0.254 e. The average Bonchev–Trinajstić information content (AvgIpc) is 3.43. The second-order valence-electron chi connectivity index (χ2n) is 8.63. The number of hydrogen-bond acceptors (Lipinski definition) is 5. The summed E-state index contributed by atoms with van der Waals surface area (Å²) >= 11 is 1.53. The standard InChI is InChI=1S/C27H27N3O3S/c1-2-17-9-10-22-21(12-17)19(16-33-22)13-24(31)30-27-25(20-7-3-4-8-23(20)34-27)26(32)29-15-18-6-5-11-28-14-18/h5-6,9-12,14,16H,2-4,7-8,13,15H2,1H3,(H,29,32)(H,30,31). The van der Waals surface area contributed by atoms with Gasteiger partial charge in [0.15, 0.2) is 0 Å². The van der Waals surface area contributed by atoms with E-state index in [9.17, 15) is 9.59 Å². The maximum Gasteiger partial charge on any atom is 0.254 e. The zero-order valence-electron chi connectivity index (χ0n) is 19.1. The van der Waals surface area contributed by atoms with Gasteiger partial charge in [-0.25, -0.2) is 0 Å². The SMILES string of the molecule is CCc1ccc2occ(CC(=O)Nc3sc4c(c3C(=O)NCc3cccnc3)CCCC4)c2c1. The third-order valence-electron chi connectivity index (χ3n) is 6.30. The summed E-state index contributed by atoms with van der Waals surface area (Å²) in [5.74, 6) is -0.301. The molecule has 7 heteroatoms. The van der Waals surface area contributed by atoms with Crippen molar-refractivity contribution in [3.05, 3.63) is 81.7 Å². The van der Waals surface area contributed by atoms with Crippen LogP contribution in [-0.2, 0) is 37.0 Å². The molecule has 0 spiro atoms. The van der Waals surface area contributed by atoms with Crippen LogP contribution in [0.3, 0.4) is 0 Å². The number of pyridine rings is 1. The number of nitrogens with one attached hydrogen (secondary N) is 2. The first-order valence-corrected chi connectivity index (χ1v) is 12.5. The lowest BCUT2D eigenvalue weighted by molar-refractivity contribution is -0.115. The summed E-state index contributed by atoms with van der Waals surface area (Å²) in [5.41, 5.74) is 5.46. The number of amides is 2. The monoisotopic (exact) mass is 473 g/mol. The van der Waals surface area contributed by atoms with Gasteiger partial charge in [0.1, 0.15) is 10.6 Å². The van der Waals surface area contributed by atoms with Crippen molar-refractivity contribution in [2.45, 2.75) is 52.0 Å². The Hall–Kier alpha value is -3.45. The van der Waals surface area contributed by atoms with E-state index in [1.165, 1.54) is 21.8 Å². The fourth-order valence-corrected chi connectivity index (χ4v) is 5.80. The Morgan fingerprint density at radius 3 is 2.85 bits per heavy atom. The number of furan rings is 1. The molecule has 0 aliphatic heterocycles. The third kappa shape index (κ3) is 4.61. The highest BCUT2D eigenvalue weighted by Crippen LogP contribution is 2.38. The first kappa shape index (κ1) is 22.3. The summed E-state index contributed by atoms with van der Waals surface area (Å²) in [6.07, 6.45) is 10.2. The molecule has 3 aromatic heterocycles. The van der Waals surface area contributed by atoms with Gasteiger partial charge in [0.05, 0.1) is 18.2 Å². The summed E-state index contributed by atoms with van der Waals surface area (Å²) in [6, 6.07) is 9.86. The van der Waals surface area contributed by atoms with Gasteiger partial charge in [-0.05, 0) is 67.0 Å². The molecular formula is C27H27N3O3S. The normalized spacial score (nSPS) is 13.0. The van der Waals surface area contributed by atoms with Crippen LogP contribution < -0.4 is 10.6 Å². The predicted octanol–water partition coefficient (Wildman–Crippen LogP) is 5.44. The molecule has 5 rings (SSSR count). The molecule has 0 saturated carbocycles. The zero-order chi connectivity index (χ0) is 23.5. The van der Waals surface area contributed by atoms with Gasteiger partial charge in [-0.15, -0.1) is 11.3 Å². The zero-order valence-corrected chi connectivity index (χ0v) is 20.0. The summed E-state index contributed by atoms with van der Waals surface area (Å²) < 4.78 is 5.66. The average molecular weight is 474 g/mol. The van der Waals surface area contributed by atoms with Gasteiger partial charge in [-0.3, -0.25) is 14.6 Å². The molecule has 0 atom stereocenters. The number of aromatic nitrogens is 1. The van der Waals surface area contributed by atoms with Gasteiger partial charge in [-0.2, -0.15) is 0 Å². The number of carbonyl (C=O) groups excluding carboxylic acids is 2. The lowest BCUT2D eigenvalue weighted by atomic mass is 9.95. The second kappa shape index (κ2) is 9.81. The molecule has 34 heavy (non-hydrogen) atoms. The van der Waals surface area contributed by atoms with Crippen LogP contribution in [0.15, 0.2) is 53.4 Å². The molecule has 2 amide bonds. The number of rotatable bonds is 7. The van der Waals surface area contributed by atoms with Gasteiger partial charge in [0.25, 0.3) is 5.91 Å². The van der Waals surface area contributed by atoms with Crippen LogP contribution >= 0.6 is 11.3 Å². The van der Waals surface area contributed by atoms with Gasteiger partial charge >= 0.3 is 0 Å². The number of aryl methyl sites for hydroxylation is 2. The summed E-state index contributed by atoms with van der Waals surface area (Å²) in [7, 11) is 0. The topological polar surface area (TPSA) is 84.2 Å². The fraction of sp³-hybridized carbons (Fsp3) is 0.296. The van der Waals surface area contributed by atoms with E-state index in [4.69, 9.17) is 4.42 Å². The van der Waals surface area contributed by atoms with Crippen LogP contribution in [0.4, 0.5) is 5.00 Å². The number of hydrogen-bond donors (Lipinski definition) is 2. The molecule has 1 aliphatic rings. The lowest BCUT2D eigenvalue weighted by Gasteiger charge is -2.13. The van der Waals surface area contributed by atoms with Crippen molar-refractivity contribution >= 4 is 39.1 Å². The van der Waals surface area contributed by atoms with E-state index >= 15 is 0 Å². The first-order chi connectivity index (χ1) is 16.6. The van der Waals surface area contributed by atoms with Crippen molar-refractivity contribution in [1.29, 1.82) is 0 Å². The molecule has 174 valence electrons. The molecule has 4 aromatic rings. The number of thiophene rings is 1. The van der Waals surface area contributed by atoms with E-state index in [0.29, 0.717) is 17.1 Å². The number of benzene rings is 1. The van der Waals surface area contributed by atoms with E-state index in [1.54, 1.807) is 18.7 Å². The van der Waals surface area contributed by atoms with Crippen LogP contribution in [0.25, 0.3) is 11.0 Å². The van der Waals surface area contributed by atoms with Crippen molar-refractivity contribution in [3.8, 4) is 0 Å². The third-order valence-corrected chi connectivity index (χ3v) is 7.51. The molecule has 0 radical (unpaired) electrons. The Morgan fingerprint density at radius 2 is 2.03 bits per heavy atom. The Labute approximate surface area is 202 Å². The minimum Gasteiger partial charge on any atom is -0.464 e. The van der Waals surface area contributed by atoms with Crippen LogP contribution in [0, 0.1) is 0 Å².